The Morgan fingerprint density at radius 2 is 1.87 bits per heavy atom. The maximum absolute atomic E-state index is 12.3. The number of carbonyl (C=O) groups excluding carboxylic acids is 1. The van der Waals surface area contributed by atoms with Crippen LogP contribution in [0.4, 0.5) is 0 Å². The molecule has 2 aromatic rings. The lowest BCUT2D eigenvalue weighted by Gasteiger charge is -2.26. The van der Waals surface area contributed by atoms with Crippen LogP contribution in [0.3, 0.4) is 0 Å². The molecule has 1 fully saturated rings. The zero-order valence-corrected chi connectivity index (χ0v) is 18.2. The average Bonchev–Trinajstić information content (AvgIpc) is 2.78. The van der Waals surface area contributed by atoms with Gasteiger partial charge in [0.2, 0.25) is 0 Å². The van der Waals surface area contributed by atoms with E-state index in [1.165, 1.54) is 25.5 Å². The van der Waals surface area contributed by atoms with Crippen molar-refractivity contribution >= 4 is 22.1 Å². The Morgan fingerprint density at radius 3 is 2.55 bits per heavy atom. The zero-order chi connectivity index (χ0) is 22.3. The number of ether oxygens (including phenoxy) is 3. The van der Waals surface area contributed by atoms with Gasteiger partial charge in [0.25, 0.3) is 15.9 Å². The first-order valence-corrected chi connectivity index (χ1v) is 11.2. The van der Waals surface area contributed by atoms with Gasteiger partial charge in [0, 0.05) is 13.1 Å². The molecule has 1 heterocycles. The molecule has 9 nitrogen and oxygen atoms in total. The minimum Gasteiger partial charge on any atom is -0.493 e. The van der Waals surface area contributed by atoms with Crippen LogP contribution >= 0.6 is 0 Å². The highest BCUT2D eigenvalue weighted by molar-refractivity contribution is 7.89. The van der Waals surface area contributed by atoms with Gasteiger partial charge in [-0.15, -0.1) is 0 Å². The van der Waals surface area contributed by atoms with Gasteiger partial charge in [-0.25, -0.2) is 4.83 Å². The molecular weight excluding hydrogens is 422 g/mol. The molecular formula is C21H25N3O6S. The number of amides is 1. The molecule has 0 spiro atoms. The third-order valence-electron chi connectivity index (χ3n) is 4.62. The third kappa shape index (κ3) is 6.19. The Balaban J connectivity index is 1.61. The fourth-order valence-corrected chi connectivity index (χ4v) is 3.66. The molecule has 166 valence electrons. The van der Waals surface area contributed by atoms with Crippen LogP contribution in [-0.2, 0) is 19.6 Å². The first-order valence-electron chi connectivity index (χ1n) is 9.67. The van der Waals surface area contributed by atoms with E-state index in [9.17, 15) is 13.2 Å². The predicted molar refractivity (Wildman–Crippen MR) is 115 cm³/mol. The molecule has 10 heteroatoms. The van der Waals surface area contributed by atoms with E-state index in [0.29, 0.717) is 43.4 Å². The van der Waals surface area contributed by atoms with Gasteiger partial charge in [-0.05, 0) is 42.8 Å². The molecule has 0 radical (unpaired) electrons. The van der Waals surface area contributed by atoms with Crippen LogP contribution in [0.15, 0.2) is 52.5 Å². The quantitative estimate of drug-likeness (QED) is 0.486. The molecule has 1 aliphatic heterocycles. The van der Waals surface area contributed by atoms with Crippen LogP contribution in [0.25, 0.3) is 0 Å². The second-order valence-corrected chi connectivity index (χ2v) is 8.52. The Hall–Kier alpha value is -3.11. The molecule has 31 heavy (non-hydrogen) atoms. The van der Waals surface area contributed by atoms with Crippen LogP contribution in [0.5, 0.6) is 11.5 Å². The highest BCUT2D eigenvalue weighted by Crippen LogP contribution is 2.27. The molecule has 0 saturated carbocycles. The summed E-state index contributed by atoms with van der Waals surface area (Å²) >= 11 is 0. The first-order chi connectivity index (χ1) is 14.9. The van der Waals surface area contributed by atoms with E-state index in [-0.39, 0.29) is 17.4 Å². The standard InChI is InChI=1S/C21H25N3O6S/c1-16-3-6-18(7-4-16)31(26,27)23-22-14-17-5-8-19(20(13-17)28-2)30-15-21(25)24-9-11-29-12-10-24/h3-8,13-14,23H,9-12,15H2,1-2H3/b22-14+. The summed E-state index contributed by atoms with van der Waals surface area (Å²) in [6.07, 6.45) is 1.36. The monoisotopic (exact) mass is 447 g/mol. The molecule has 1 aliphatic rings. The highest BCUT2D eigenvalue weighted by atomic mass is 32.2. The lowest BCUT2D eigenvalue weighted by molar-refractivity contribution is -0.137. The summed E-state index contributed by atoms with van der Waals surface area (Å²) in [6, 6.07) is 11.4. The molecule has 1 amide bonds. The Kier molecular flexibility index (Phi) is 7.48. The van der Waals surface area contributed by atoms with Crippen LogP contribution < -0.4 is 14.3 Å². The second kappa shape index (κ2) is 10.3. The van der Waals surface area contributed by atoms with Crippen LogP contribution in [0.2, 0.25) is 0 Å². The fourth-order valence-electron chi connectivity index (χ4n) is 2.87. The number of aryl methyl sites for hydroxylation is 1. The van der Waals surface area contributed by atoms with Crippen LogP contribution in [0.1, 0.15) is 11.1 Å². The van der Waals surface area contributed by atoms with Gasteiger partial charge >= 0.3 is 0 Å². The largest absolute Gasteiger partial charge is 0.493 e. The van der Waals surface area contributed by atoms with Gasteiger partial charge in [-0.3, -0.25) is 4.79 Å². The van der Waals surface area contributed by atoms with Gasteiger partial charge in [-0.2, -0.15) is 13.5 Å². The van der Waals surface area contributed by atoms with E-state index in [1.54, 1.807) is 35.2 Å². The van der Waals surface area contributed by atoms with Gasteiger partial charge < -0.3 is 19.1 Å². The molecule has 0 aliphatic carbocycles. The zero-order valence-electron chi connectivity index (χ0n) is 17.4. The lowest BCUT2D eigenvalue weighted by Crippen LogP contribution is -2.43. The minimum atomic E-state index is -3.75. The molecule has 0 atom stereocenters. The SMILES string of the molecule is COc1cc(/C=N/NS(=O)(=O)c2ccc(C)cc2)ccc1OCC(=O)N1CCOCC1. The first kappa shape index (κ1) is 22.6. The van der Waals surface area contributed by atoms with E-state index < -0.39 is 10.0 Å². The Morgan fingerprint density at radius 1 is 1.16 bits per heavy atom. The number of hydrogen-bond acceptors (Lipinski definition) is 7. The molecule has 0 aromatic heterocycles. The number of benzene rings is 2. The fraction of sp³-hybridized carbons (Fsp3) is 0.333. The topological polar surface area (TPSA) is 107 Å². The van der Waals surface area contributed by atoms with E-state index in [0.717, 1.165) is 5.56 Å². The molecule has 2 aromatic carbocycles. The Bertz CT molecular complexity index is 1030. The summed E-state index contributed by atoms with van der Waals surface area (Å²) in [5, 5.41) is 3.82. The van der Waals surface area contributed by atoms with Gasteiger partial charge in [-0.1, -0.05) is 17.7 Å². The van der Waals surface area contributed by atoms with Crippen molar-refractivity contribution in [3.05, 3.63) is 53.6 Å². The number of sulfonamides is 1. The summed E-state index contributed by atoms with van der Waals surface area (Å²) in [4.78, 5) is 16.2. The number of nitrogens with one attached hydrogen (secondary N) is 1. The van der Waals surface area contributed by atoms with Crippen molar-refractivity contribution in [1.82, 2.24) is 9.73 Å². The maximum Gasteiger partial charge on any atom is 0.276 e. The third-order valence-corrected chi connectivity index (χ3v) is 5.86. The maximum atomic E-state index is 12.3. The summed E-state index contributed by atoms with van der Waals surface area (Å²) in [7, 11) is -2.28. The minimum absolute atomic E-state index is 0.111. The second-order valence-electron chi connectivity index (χ2n) is 6.86. The predicted octanol–water partition coefficient (Wildman–Crippen LogP) is 1.55. The summed E-state index contributed by atoms with van der Waals surface area (Å²) in [5.74, 6) is 0.683. The number of nitrogens with zero attached hydrogens (tertiary/aromatic N) is 2. The normalized spacial score (nSPS) is 14.5. The number of morpholine rings is 1. The number of rotatable bonds is 8. The van der Waals surface area contributed by atoms with E-state index in [1.807, 2.05) is 6.92 Å². The number of hydrogen-bond donors (Lipinski definition) is 1. The van der Waals surface area contributed by atoms with Crippen LogP contribution in [-0.4, -0.2) is 65.5 Å². The highest BCUT2D eigenvalue weighted by Gasteiger charge is 2.18. The van der Waals surface area contributed by atoms with Crippen molar-refractivity contribution in [3.63, 3.8) is 0 Å². The van der Waals surface area contributed by atoms with Crippen molar-refractivity contribution in [3.8, 4) is 11.5 Å². The van der Waals surface area contributed by atoms with Crippen molar-refractivity contribution in [1.29, 1.82) is 0 Å². The Labute approximate surface area is 181 Å². The van der Waals surface area contributed by atoms with E-state index in [2.05, 4.69) is 9.93 Å². The smallest absolute Gasteiger partial charge is 0.276 e. The summed E-state index contributed by atoms with van der Waals surface area (Å²) in [5.41, 5.74) is 1.55. The molecule has 1 N–H and O–H groups in total. The molecule has 1 saturated heterocycles. The lowest BCUT2D eigenvalue weighted by atomic mass is 10.2. The number of methoxy groups -OCH3 is 1. The van der Waals surface area contributed by atoms with E-state index >= 15 is 0 Å². The number of hydrazone groups is 1. The molecule has 0 bridgehead atoms. The van der Waals surface area contributed by atoms with Crippen molar-refractivity contribution in [2.75, 3.05) is 40.0 Å². The summed E-state index contributed by atoms with van der Waals surface area (Å²) in [6.45, 7) is 3.91. The van der Waals surface area contributed by atoms with Crippen molar-refractivity contribution in [2.45, 2.75) is 11.8 Å². The van der Waals surface area contributed by atoms with Gasteiger partial charge in [0.15, 0.2) is 18.1 Å². The van der Waals surface area contributed by atoms with Crippen molar-refractivity contribution < 1.29 is 27.4 Å². The van der Waals surface area contributed by atoms with Gasteiger partial charge in [0.05, 0.1) is 31.4 Å². The summed E-state index contributed by atoms with van der Waals surface area (Å²) < 4.78 is 40.7. The van der Waals surface area contributed by atoms with Gasteiger partial charge in [0.1, 0.15) is 0 Å². The molecule has 0 unspecified atom stereocenters. The number of carbonyl (C=O) groups is 1. The average molecular weight is 448 g/mol. The molecule has 3 rings (SSSR count). The van der Waals surface area contributed by atoms with Crippen LogP contribution in [0, 0.1) is 6.92 Å². The van der Waals surface area contributed by atoms with Crippen molar-refractivity contribution in [2.24, 2.45) is 5.10 Å². The van der Waals surface area contributed by atoms with E-state index in [4.69, 9.17) is 14.2 Å².